The molecule has 0 fully saturated rings. The molecule has 0 saturated carbocycles. The molecule has 0 heterocycles. The highest BCUT2D eigenvalue weighted by atomic mass is 35.5. The molecule has 0 bridgehead atoms. The minimum Gasteiger partial charge on any atom is -0.484 e. The van der Waals surface area contributed by atoms with Crippen LogP contribution in [0.3, 0.4) is 0 Å². The zero-order chi connectivity index (χ0) is 16.7. The van der Waals surface area contributed by atoms with Crippen LogP contribution in [0.25, 0.3) is 0 Å². The molecule has 0 spiro atoms. The van der Waals surface area contributed by atoms with Gasteiger partial charge in [0.25, 0.3) is 5.91 Å². The lowest BCUT2D eigenvalue weighted by Crippen LogP contribution is -2.47. The summed E-state index contributed by atoms with van der Waals surface area (Å²) >= 11 is 11.7. The molecule has 0 aliphatic carbocycles. The van der Waals surface area contributed by atoms with E-state index in [2.05, 4.69) is 5.32 Å². The van der Waals surface area contributed by atoms with Crippen LogP contribution in [-0.2, 0) is 14.3 Å². The van der Waals surface area contributed by atoms with Gasteiger partial charge < -0.3 is 14.8 Å². The van der Waals surface area contributed by atoms with E-state index in [0.29, 0.717) is 15.8 Å². The molecule has 1 N–H and O–H groups in total. The van der Waals surface area contributed by atoms with Crippen molar-refractivity contribution in [3.05, 3.63) is 28.2 Å². The van der Waals surface area contributed by atoms with Gasteiger partial charge in [0.15, 0.2) is 6.61 Å². The number of carbonyl (C=O) groups excluding carboxylic acids is 2. The maximum absolute atomic E-state index is 11.9. The number of ether oxygens (including phenoxy) is 2. The fraction of sp³-hybridized carbons (Fsp3) is 0.467. The van der Waals surface area contributed by atoms with Crippen LogP contribution in [0.2, 0.25) is 10.0 Å². The molecule has 1 amide bonds. The van der Waals surface area contributed by atoms with Gasteiger partial charge in [-0.05, 0) is 24.1 Å². The van der Waals surface area contributed by atoms with Crippen molar-refractivity contribution < 1.29 is 19.1 Å². The van der Waals surface area contributed by atoms with Crippen LogP contribution in [-0.4, -0.2) is 31.6 Å². The average Bonchev–Trinajstić information content (AvgIpc) is 2.48. The maximum atomic E-state index is 11.9. The topological polar surface area (TPSA) is 64.6 Å². The van der Waals surface area contributed by atoms with Crippen LogP contribution in [0, 0.1) is 5.92 Å². The molecule has 1 aromatic carbocycles. The van der Waals surface area contributed by atoms with E-state index in [0.717, 1.165) is 6.42 Å². The third kappa shape index (κ3) is 5.73. The van der Waals surface area contributed by atoms with Crippen LogP contribution in [0.15, 0.2) is 18.2 Å². The number of halogens is 2. The smallest absolute Gasteiger partial charge is 0.328 e. The van der Waals surface area contributed by atoms with Gasteiger partial charge in [-0.2, -0.15) is 0 Å². The highest BCUT2D eigenvalue weighted by molar-refractivity contribution is 6.34. The Morgan fingerprint density at radius 3 is 2.32 bits per heavy atom. The summed E-state index contributed by atoms with van der Waals surface area (Å²) in [5, 5.41) is 3.44. The molecule has 2 atom stereocenters. The molecule has 0 radical (unpaired) electrons. The molecule has 0 aliphatic heterocycles. The van der Waals surface area contributed by atoms with E-state index in [9.17, 15) is 9.59 Å². The van der Waals surface area contributed by atoms with Gasteiger partial charge in [0, 0.05) is 10.0 Å². The van der Waals surface area contributed by atoms with Gasteiger partial charge in [-0.25, -0.2) is 4.79 Å². The van der Waals surface area contributed by atoms with Crippen molar-refractivity contribution in [1.82, 2.24) is 5.32 Å². The highest BCUT2D eigenvalue weighted by Crippen LogP contribution is 2.24. The quantitative estimate of drug-likeness (QED) is 0.769. The molecular formula is C15H19Cl2NO4. The molecule has 5 nitrogen and oxygen atoms in total. The van der Waals surface area contributed by atoms with Gasteiger partial charge in [0.2, 0.25) is 0 Å². The molecule has 1 aromatic rings. The number of hydrogen-bond acceptors (Lipinski definition) is 4. The molecule has 0 saturated heterocycles. The van der Waals surface area contributed by atoms with Crippen molar-refractivity contribution in [3.63, 3.8) is 0 Å². The van der Waals surface area contributed by atoms with E-state index in [4.69, 9.17) is 32.7 Å². The zero-order valence-electron chi connectivity index (χ0n) is 12.7. The van der Waals surface area contributed by atoms with Crippen molar-refractivity contribution in [2.75, 3.05) is 13.7 Å². The van der Waals surface area contributed by atoms with E-state index in [1.54, 1.807) is 18.2 Å². The van der Waals surface area contributed by atoms with E-state index >= 15 is 0 Å². The second kappa shape index (κ2) is 8.86. The second-order valence-electron chi connectivity index (χ2n) is 4.85. The SMILES string of the molecule is CC[C@@H](C)[C@H](NC(=O)COc1cc(Cl)cc(Cl)c1)C(=O)OC. The Morgan fingerprint density at radius 1 is 1.23 bits per heavy atom. The molecule has 122 valence electrons. The van der Waals surface area contributed by atoms with Crippen LogP contribution >= 0.6 is 23.2 Å². The number of hydrogen-bond donors (Lipinski definition) is 1. The van der Waals surface area contributed by atoms with Gasteiger partial charge in [-0.15, -0.1) is 0 Å². The number of carbonyl (C=O) groups is 2. The summed E-state index contributed by atoms with van der Waals surface area (Å²) in [6.07, 6.45) is 0.727. The predicted octanol–water partition coefficient (Wildman–Crippen LogP) is 3.08. The lowest BCUT2D eigenvalue weighted by atomic mass is 9.99. The van der Waals surface area contributed by atoms with E-state index < -0.39 is 17.9 Å². The number of amides is 1. The Morgan fingerprint density at radius 2 is 1.82 bits per heavy atom. The normalized spacial score (nSPS) is 13.1. The molecule has 0 aliphatic rings. The van der Waals surface area contributed by atoms with Crippen molar-refractivity contribution in [1.29, 1.82) is 0 Å². The lowest BCUT2D eigenvalue weighted by molar-refractivity contribution is -0.146. The highest BCUT2D eigenvalue weighted by Gasteiger charge is 2.26. The van der Waals surface area contributed by atoms with Crippen LogP contribution in [0.1, 0.15) is 20.3 Å². The molecule has 0 aromatic heterocycles. The number of esters is 1. The maximum Gasteiger partial charge on any atom is 0.328 e. The third-order valence-electron chi connectivity index (χ3n) is 3.19. The van der Waals surface area contributed by atoms with Crippen LogP contribution in [0.4, 0.5) is 0 Å². The lowest BCUT2D eigenvalue weighted by Gasteiger charge is -2.21. The predicted molar refractivity (Wildman–Crippen MR) is 85.4 cm³/mol. The van der Waals surface area contributed by atoms with E-state index in [-0.39, 0.29) is 12.5 Å². The number of methoxy groups -OCH3 is 1. The molecule has 0 unspecified atom stereocenters. The summed E-state index contributed by atoms with van der Waals surface area (Å²) in [6.45, 7) is 3.54. The van der Waals surface area contributed by atoms with Gasteiger partial charge in [0.1, 0.15) is 11.8 Å². The first-order chi connectivity index (χ1) is 10.4. The van der Waals surface area contributed by atoms with Crippen LogP contribution < -0.4 is 10.1 Å². The first-order valence-corrected chi connectivity index (χ1v) is 7.59. The van der Waals surface area contributed by atoms with Gasteiger partial charge in [-0.3, -0.25) is 4.79 Å². The largest absolute Gasteiger partial charge is 0.484 e. The summed E-state index contributed by atoms with van der Waals surface area (Å²) in [6, 6.07) is 3.96. The Hall–Kier alpha value is -1.46. The summed E-state index contributed by atoms with van der Waals surface area (Å²) in [4.78, 5) is 23.6. The molecule has 7 heteroatoms. The third-order valence-corrected chi connectivity index (χ3v) is 3.63. The van der Waals surface area contributed by atoms with E-state index in [1.807, 2.05) is 13.8 Å². The minimum atomic E-state index is -0.700. The molecule has 22 heavy (non-hydrogen) atoms. The molecular weight excluding hydrogens is 329 g/mol. The van der Waals surface area contributed by atoms with E-state index in [1.165, 1.54) is 7.11 Å². The fourth-order valence-corrected chi connectivity index (χ4v) is 2.28. The summed E-state index contributed by atoms with van der Waals surface area (Å²) in [7, 11) is 1.29. The Bertz CT molecular complexity index is 516. The van der Waals surface area contributed by atoms with Crippen molar-refractivity contribution in [2.45, 2.75) is 26.3 Å². The Labute approximate surface area is 139 Å². The first kappa shape index (κ1) is 18.6. The van der Waals surface area contributed by atoms with Crippen molar-refractivity contribution in [2.24, 2.45) is 5.92 Å². The Balaban J connectivity index is 2.62. The first-order valence-electron chi connectivity index (χ1n) is 6.83. The van der Waals surface area contributed by atoms with Crippen molar-refractivity contribution >= 4 is 35.1 Å². The standard InChI is InChI=1S/C15H19Cl2NO4/c1-4-9(2)14(15(20)21-3)18-13(19)8-22-12-6-10(16)5-11(17)7-12/h5-7,9,14H,4,8H2,1-3H3,(H,18,19)/t9-,14+/m1/s1. The van der Waals surface area contributed by atoms with Gasteiger partial charge in [-0.1, -0.05) is 43.5 Å². The van der Waals surface area contributed by atoms with Crippen LogP contribution in [0.5, 0.6) is 5.75 Å². The number of rotatable bonds is 7. The monoisotopic (exact) mass is 347 g/mol. The number of nitrogens with one attached hydrogen (secondary N) is 1. The zero-order valence-corrected chi connectivity index (χ0v) is 14.2. The summed E-state index contributed by atoms with van der Waals surface area (Å²) in [5.74, 6) is -0.567. The fourth-order valence-electron chi connectivity index (χ4n) is 1.77. The minimum absolute atomic E-state index is 0.0444. The summed E-state index contributed by atoms with van der Waals surface area (Å²) in [5.41, 5.74) is 0. The van der Waals surface area contributed by atoms with Crippen molar-refractivity contribution in [3.8, 4) is 5.75 Å². The Kier molecular flexibility index (Phi) is 7.48. The second-order valence-corrected chi connectivity index (χ2v) is 5.72. The average molecular weight is 348 g/mol. The number of benzene rings is 1. The summed E-state index contributed by atoms with van der Waals surface area (Å²) < 4.78 is 10.0. The van der Waals surface area contributed by atoms with Gasteiger partial charge in [0.05, 0.1) is 7.11 Å². The molecule has 1 rings (SSSR count). The van der Waals surface area contributed by atoms with Gasteiger partial charge >= 0.3 is 5.97 Å².